The Morgan fingerprint density at radius 1 is 0.882 bits per heavy atom. The Kier molecular flexibility index (Phi) is 7.11. The zero-order valence-electron chi connectivity index (χ0n) is 19.7. The number of carbonyl (C=O) groups excluding carboxylic acids is 1. The van der Waals surface area contributed by atoms with Gasteiger partial charge in [0, 0.05) is 62.2 Å². The second-order valence-corrected chi connectivity index (χ2v) is 9.98. The van der Waals surface area contributed by atoms with Gasteiger partial charge in [0.1, 0.15) is 5.82 Å². The predicted octanol–water partition coefficient (Wildman–Crippen LogP) is 4.42. The van der Waals surface area contributed by atoms with E-state index in [4.69, 9.17) is 9.97 Å². The zero-order chi connectivity index (χ0) is 23.3. The number of likely N-dealkylation sites (N-methyl/N-ethyl adjacent to an activating group) is 1. The standard InChI is InChI=1S/C27H31N5OS/c1-30-14-16-31(17-15-30)25-19-24(22-9-3-2-4-10-22)28-27(29-25)34-20-21-8-7-11-23(18-21)26(33)32-12-5-6-13-32/h2-4,7-11,18-19H,5-6,12-17,20H2,1H3. The van der Waals surface area contributed by atoms with Gasteiger partial charge in [-0.25, -0.2) is 9.97 Å². The summed E-state index contributed by atoms with van der Waals surface area (Å²) in [6.45, 7) is 5.73. The Bertz CT molecular complexity index is 1120. The largest absolute Gasteiger partial charge is 0.354 e. The molecule has 0 spiro atoms. The van der Waals surface area contributed by atoms with Crippen LogP contribution in [0.1, 0.15) is 28.8 Å². The second kappa shape index (κ2) is 10.6. The molecular weight excluding hydrogens is 442 g/mol. The number of hydrogen-bond donors (Lipinski definition) is 0. The van der Waals surface area contributed by atoms with Crippen LogP contribution in [0.25, 0.3) is 11.3 Å². The molecule has 0 bridgehead atoms. The molecule has 3 heterocycles. The third-order valence-electron chi connectivity index (χ3n) is 6.52. The summed E-state index contributed by atoms with van der Waals surface area (Å²) in [5.41, 5.74) is 3.94. The van der Waals surface area contributed by atoms with Crippen molar-refractivity contribution in [1.82, 2.24) is 19.8 Å². The number of thioether (sulfide) groups is 1. The summed E-state index contributed by atoms with van der Waals surface area (Å²) in [6.07, 6.45) is 2.21. The fourth-order valence-electron chi connectivity index (χ4n) is 4.48. The molecule has 0 atom stereocenters. The van der Waals surface area contributed by atoms with E-state index in [1.165, 1.54) is 0 Å². The molecule has 2 fully saturated rings. The van der Waals surface area contributed by atoms with Gasteiger partial charge >= 0.3 is 0 Å². The normalized spacial score (nSPS) is 16.7. The zero-order valence-corrected chi connectivity index (χ0v) is 20.5. The van der Waals surface area contributed by atoms with Crippen molar-refractivity contribution in [2.45, 2.75) is 23.8 Å². The third-order valence-corrected chi connectivity index (χ3v) is 7.44. The Morgan fingerprint density at radius 3 is 2.41 bits per heavy atom. The summed E-state index contributed by atoms with van der Waals surface area (Å²) in [4.78, 5) is 29.3. The lowest BCUT2D eigenvalue weighted by Crippen LogP contribution is -2.44. The minimum absolute atomic E-state index is 0.143. The van der Waals surface area contributed by atoms with Crippen LogP contribution in [0.5, 0.6) is 0 Å². The number of rotatable bonds is 6. The molecule has 2 saturated heterocycles. The molecule has 3 aromatic rings. The number of piperazine rings is 1. The maximum atomic E-state index is 12.8. The van der Waals surface area contributed by atoms with E-state index in [1.54, 1.807) is 11.8 Å². The number of carbonyl (C=O) groups is 1. The Hall–Kier alpha value is -2.90. The van der Waals surface area contributed by atoms with Crippen molar-refractivity contribution >= 4 is 23.5 Å². The number of amides is 1. The highest BCUT2D eigenvalue weighted by Gasteiger charge is 2.20. The molecule has 6 nitrogen and oxygen atoms in total. The highest BCUT2D eigenvalue weighted by Crippen LogP contribution is 2.28. The van der Waals surface area contributed by atoms with Crippen molar-refractivity contribution in [1.29, 1.82) is 0 Å². The summed E-state index contributed by atoms with van der Waals surface area (Å²) >= 11 is 1.63. The molecular formula is C27H31N5OS. The molecule has 5 rings (SSSR count). The number of benzene rings is 2. The van der Waals surface area contributed by atoms with Gasteiger partial charge in [-0.05, 0) is 37.6 Å². The minimum Gasteiger partial charge on any atom is -0.354 e. The Morgan fingerprint density at radius 2 is 1.65 bits per heavy atom. The average molecular weight is 474 g/mol. The Labute approximate surface area is 206 Å². The molecule has 2 aliphatic heterocycles. The minimum atomic E-state index is 0.143. The average Bonchev–Trinajstić information content (AvgIpc) is 3.43. The fraction of sp³-hybridized carbons (Fsp3) is 0.370. The topological polar surface area (TPSA) is 52.6 Å². The van der Waals surface area contributed by atoms with Gasteiger partial charge in [0.2, 0.25) is 0 Å². The highest BCUT2D eigenvalue weighted by atomic mass is 32.2. The van der Waals surface area contributed by atoms with Crippen molar-refractivity contribution in [3.8, 4) is 11.3 Å². The first kappa shape index (κ1) is 22.9. The molecule has 34 heavy (non-hydrogen) atoms. The predicted molar refractivity (Wildman–Crippen MR) is 138 cm³/mol. The molecule has 0 aliphatic carbocycles. The molecule has 0 N–H and O–H groups in total. The van der Waals surface area contributed by atoms with Crippen molar-refractivity contribution in [2.24, 2.45) is 0 Å². The first-order valence-corrected chi connectivity index (χ1v) is 13.0. The lowest BCUT2D eigenvalue weighted by atomic mass is 10.1. The number of nitrogens with zero attached hydrogens (tertiary/aromatic N) is 5. The van der Waals surface area contributed by atoms with Gasteiger partial charge in [-0.15, -0.1) is 0 Å². The van der Waals surface area contributed by atoms with Gasteiger partial charge < -0.3 is 14.7 Å². The monoisotopic (exact) mass is 473 g/mol. The van der Waals surface area contributed by atoms with Crippen LogP contribution in [0, 0.1) is 0 Å². The molecule has 176 valence electrons. The summed E-state index contributed by atoms with van der Waals surface area (Å²) in [7, 11) is 2.16. The SMILES string of the molecule is CN1CCN(c2cc(-c3ccccc3)nc(SCc3cccc(C(=O)N4CCCC4)c3)n2)CC1. The van der Waals surface area contributed by atoms with Crippen LogP contribution >= 0.6 is 11.8 Å². The van der Waals surface area contributed by atoms with Crippen molar-refractivity contribution in [2.75, 3.05) is 51.2 Å². The fourth-order valence-corrected chi connectivity index (χ4v) is 5.27. The van der Waals surface area contributed by atoms with Gasteiger partial charge in [0.05, 0.1) is 5.69 Å². The highest BCUT2D eigenvalue weighted by molar-refractivity contribution is 7.98. The Balaban J connectivity index is 1.36. The number of anilines is 1. The lowest BCUT2D eigenvalue weighted by Gasteiger charge is -2.33. The lowest BCUT2D eigenvalue weighted by molar-refractivity contribution is 0.0792. The summed E-state index contributed by atoms with van der Waals surface area (Å²) < 4.78 is 0. The van der Waals surface area contributed by atoms with E-state index >= 15 is 0 Å². The quantitative estimate of drug-likeness (QED) is 0.390. The number of aromatic nitrogens is 2. The first-order chi connectivity index (χ1) is 16.7. The van der Waals surface area contributed by atoms with E-state index in [9.17, 15) is 4.79 Å². The molecule has 0 saturated carbocycles. The maximum Gasteiger partial charge on any atom is 0.253 e. The summed E-state index contributed by atoms with van der Waals surface area (Å²) in [5, 5.41) is 0.770. The smallest absolute Gasteiger partial charge is 0.253 e. The molecule has 0 radical (unpaired) electrons. The second-order valence-electron chi connectivity index (χ2n) is 9.04. The maximum absolute atomic E-state index is 12.8. The van der Waals surface area contributed by atoms with Crippen molar-refractivity contribution in [3.05, 3.63) is 71.8 Å². The van der Waals surface area contributed by atoms with Crippen LogP contribution in [0.15, 0.2) is 65.8 Å². The van der Waals surface area contributed by atoms with Gasteiger partial charge in [0.15, 0.2) is 5.16 Å². The van der Waals surface area contributed by atoms with E-state index in [0.29, 0.717) is 0 Å². The molecule has 1 amide bonds. The molecule has 7 heteroatoms. The summed E-state index contributed by atoms with van der Waals surface area (Å²) in [5.74, 6) is 1.85. The summed E-state index contributed by atoms with van der Waals surface area (Å²) in [6, 6.07) is 20.4. The number of likely N-dealkylation sites (tertiary alicyclic amines) is 1. The van der Waals surface area contributed by atoms with E-state index < -0.39 is 0 Å². The van der Waals surface area contributed by atoms with Gasteiger partial charge in [-0.2, -0.15) is 0 Å². The van der Waals surface area contributed by atoms with Crippen LogP contribution in [0.4, 0.5) is 5.82 Å². The van der Waals surface area contributed by atoms with Gasteiger partial charge in [-0.3, -0.25) is 4.79 Å². The van der Waals surface area contributed by atoms with E-state index in [2.05, 4.69) is 41.1 Å². The van der Waals surface area contributed by atoms with Crippen LogP contribution in [0.2, 0.25) is 0 Å². The van der Waals surface area contributed by atoms with E-state index in [-0.39, 0.29) is 5.91 Å². The van der Waals surface area contributed by atoms with Gasteiger partial charge in [0.25, 0.3) is 5.91 Å². The molecule has 2 aliphatic rings. The first-order valence-electron chi connectivity index (χ1n) is 12.0. The molecule has 2 aromatic carbocycles. The number of hydrogen-bond acceptors (Lipinski definition) is 6. The third kappa shape index (κ3) is 5.42. The van der Waals surface area contributed by atoms with E-state index in [0.717, 1.165) is 91.2 Å². The van der Waals surface area contributed by atoms with Crippen LogP contribution in [-0.4, -0.2) is 72.0 Å². The van der Waals surface area contributed by atoms with Gasteiger partial charge in [-0.1, -0.05) is 54.2 Å². The van der Waals surface area contributed by atoms with E-state index in [1.807, 2.05) is 41.3 Å². The van der Waals surface area contributed by atoms with Crippen LogP contribution in [0.3, 0.4) is 0 Å². The molecule has 1 aromatic heterocycles. The van der Waals surface area contributed by atoms with Crippen molar-refractivity contribution in [3.63, 3.8) is 0 Å². The van der Waals surface area contributed by atoms with Crippen molar-refractivity contribution < 1.29 is 4.79 Å². The molecule has 0 unspecified atom stereocenters. The van der Waals surface area contributed by atoms with Crippen LogP contribution in [-0.2, 0) is 5.75 Å². The van der Waals surface area contributed by atoms with Crippen LogP contribution < -0.4 is 4.90 Å².